The van der Waals surface area contributed by atoms with Crippen LogP contribution < -0.4 is 10.2 Å². The van der Waals surface area contributed by atoms with Gasteiger partial charge in [-0.1, -0.05) is 0 Å². The summed E-state index contributed by atoms with van der Waals surface area (Å²) in [5, 5.41) is 2.85. The first-order chi connectivity index (χ1) is 14.3. The lowest BCUT2D eigenvalue weighted by Crippen LogP contribution is -2.44. The van der Waals surface area contributed by atoms with Crippen LogP contribution in [0.2, 0.25) is 0 Å². The molecule has 9 heteroatoms. The number of likely N-dealkylation sites (N-methyl/N-ethyl adjacent to an activating group) is 2. The molecule has 0 aliphatic carbocycles. The first-order valence-electron chi connectivity index (χ1n) is 10.3. The van der Waals surface area contributed by atoms with Crippen LogP contribution in [0.1, 0.15) is 37.0 Å². The molecule has 1 aromatic carbocycles. The van der Waals surface area contributed by atoms with Gasteiger partial charge in [-0.2, -0.15) is 0 Å². The van der Waals surface area contributed by atoms with Gasteiger partial charge in [-0.3, -0.25) is 14.4 Å². The van der Waals surface area contributed by atoms with Gasteiger partial charge in [0.25, 0.3) is 5.91 Å². The van der Waals surface area contributed by atoms with Gasteiger partial charge in [0.05, 0.1) is 23.5 Å². The highest BCUT2D eigenvalue weighted by molar-refractivity contribution is 6.05. The molecule has 2 aliphatic rings. The molecule has 30 heavy (non-hydrogen) atoms. The number of hydrogen-bond donors (Lipinski definition) is 1. The number of rotatable bonds is 7. The third kappa shape index (κ3) is 4.39. The van der Waals surface area contributed by atoms with Crippen molar-refractivity contribution in [2.45, 2.75) is 32.7 Å². The summed E-state index contributed by atoms with van der Waals surface area (Å²) in [6.45, 7) is 5.16. The Hall–Kier alpha value is -3.10. The second kappa shape index (κ2) is 9.15. The summed E-state index contributed by atoms with van der Waals surface area (Å²) >= 11 is 0. The molecule has 0 unspecified atom stereocenters. The lowest BCUT2D eigenvalue weighted by Gasteiger charge is -2.33. The molecule has 0 saturated carbocycles. The van der Waals surface area contributed by atoms with Crippen LogP contribution in [0.4, 0.5) is 11.4 Å². The van der Waals surface area contributed by atoms with Gasteiger partial charge in [-0.05, 0) is 44.9 Å². The van der Waals surface area contributed by atoms with E-state index in [4.69, 9.17) is 4.74 Å². The molecular formula is C21H28N4O5. The topological polar surface area (TPSA) is 99.3 Å². The van der Waals surface area contributed by atoms with Crippen LogP contribution in [-0.4, -0.2) is 79.4 Å². The van der Waals surface area contributed by atoms with Crippen LogP contribution in [0.3, 0.4) is 0 Å². The van der Waals surface area contributed by atoms with E-state index in [-0.39, 0.29) is 30.0 Å². The molecule has 3 rings (SSSR count). The molecule has 9 nitrogen and oxygen atoms in total. The third-order valence-electron chi connectivity index (χ3n) is 5.60. The predicted molar refractivity (Wildman–Crippen MR) is 111 cm³/mol. The number of benzene rings is 1. The summed E-state index contributed by atoms with van der Waals surface area (Å²) in [4.78, 5) is 53.9. The number of ether oxygens (including phenoxy) is 1. The molecule has 162 valence electrons. The minimum atomic E-state index is -0.660. The molecule has 1 aromatic rings. The maximum absolute atomic E-state index is 12.4. The maximum atomic E-state index is 12.4. The van der Waals surface area contributed by atoms with Gasteiger partial charge in [0, 0.05) is 26.7 Å². The minimum absolute atomic E-state index is 0.0693. The number of carbonyl (C=O) groups is 4. The Morgan fingerprint density at radius 3 is 2.63 bits per heavy atom. The zero-order valence-electron chi connectivity index (χ0n) is 17.6. The van der Waals surface area contributed by atoms with Gasteiger partial charge < -0.3 is 24.8 Å². The molecule has 2 aliphatic heterocycles. The van der Waals surface area contributed by atoms with E-state index in [2.05, 4.69) is 10.2 Å². The largest absolute Gasteiger partial charge is 0.452 e. The van der Waals surface area contributed by atoms with Crippen LogP contribution in [0, 0.1) is 0 Å². The zero-order chi connectivity index (χ0) is 21.8. The van der Waals surface area contributed by atoms with Gasteiger partial charge >= 0.3 is 5.97 Å². The Morgan fingerprint density at radius 1 is 1.20 bits per heavy atom. The average Bonchev–Trinajstić information content (AvgIpc) is 3.23. The normalized spacial score (nSPS) is 17.0. The number of hydrogen-bond acceptors (Lipinski definition) is 6. The number of fused-ring (bicyclic) bond motifs is 3. The van der Waals surface area contributed by atoms with E-state index < -0.39 is 18.5 Å². The number of esters is 1. The van der Waals surface area contributed by atoms with Crippen molar-refractivity contribution < 1.29 is 23.9 Å². The van der Waals surface area contributed by atoms with Gasteiger partial charge in [-0.25, -0.2) is 4.79 Å². The lowest BCUT2D eigenvalue weighted by molar-refractivity contribution is -0.140. The zero-order valence-corrected chi connectivity index (χ0v) is 17.6. The number of nitrogens with zero attached hydrogens (tertiary/aromatic N) is 3. The lowest BCUT2D eigenvalue weighted by atomic mass is 10.1. The van der Waals surface area contributed by atoms with Crippen molar-refractivity contribution >= 4 is 35.1 Å². The Balaban J connectivity index is 1.58. The Labute approximate surface area is 175 Å². The van der Waals surface area contributed by atoms with Crippen molar-refractivity contribution in [1.82, 2.24) is 9.80 Å². The highest BCUT2D eigenvalue weighted by Crippen LogP contribution is 2.37. The molecule has 0 radical (unpaired) electrons. The highest BCUT2D eigenvalue weighted by atomic mass is 16.5. The van der Waals surface area contributed by atoms with E-state index in [1.165, 1.54) is 11.9 Å². The molecule has 0 bridgehead atoms. The van der Waals surface area contributed by atoms with E-state index in [1.54, 1.807) is 23.1 Å². The van der Waals surface area contributed by atoms with Crippen LogP contribution in [0.25, 0.3) is 0 Å². The molecule has 0 aromatic heterocycles. The third-order valence-corrected chi connectivity index (χ3v) is 5.60. The number of carbonyl (C=O) groups excluding carboxylic acids is 4. The standard InChI is InChI=1S/C21H28N4O5/c1-4-24(5-2)18(26)12-23(3)19(27)13-30-21(29)14-8-9-16-15(11-14)22-20(28)17-7-6-10-25(16)17/h8-9,11,17H,4-7,10,12-13H2,1-3H3,(H,22,28)/t17-/m0/s1. The fourth-order valence-corrected chi connectivity index (χ4v) is 3.85. The van der Waals surface area contributed by atoms with Crippen molar-refractivity contribution in [2.24, 2.45) is 0 Å². The number of anilines is 2. The summed E-state index contributed by atoms with van der Waals surface area (Å²) in [6, 6.07) is 4.84. The van der Waals surface area contributed by atoms with Gasteiger partial charge in [0.15, 0.2) is 6.61 Å². The van der Waals surface area contributed by atoms with Gasteiger partial charge in [0.2, 0.25) is 11.8 Å². The smallest absolute Gasteiger partial charge is 0.338 e. The monoisotopic (exact) mass is 416 g/mol. The minimum Gasteiger partial charge on any atom is -0.452 e. The van der Waals surface area contributed by atoms with Crippen LogP contribution in [-0.2, 0) is 19.1 Å². The fraction of sp³-hybridized carbons (Fsp3) is 0.524. The summed E-state index contributed by atoms with van der Waals surface area (Å²) in [5.74, 6) is -1.35. The first-order valence-corrected chi connectivity index (χ1v) is 10.3. The van der Waals surface area contributed by atoms with E-state index in [1.807, 2.05) is 13.8 Å². The van der Waals surface area contributed by atoms with Crippen molar-refractivity contribution in [1.29, 1.82) is 0 Å². The number of amides is 3. The summed E-state index contributed by atoms with van der Waals surface area (Å²) < 4.78 is 5.13. The second-order valence-corrected chi connectivity index (χ2v) is 7.46. The Bertz CT molecular complexity index is 852. The average molecular weight is 416 g/mol. The molecule has 0 spiro atoms. The fourth-order valence-electron chi connectivity index (χ4n) is 3.85. The van der Waals surface area contributed by atoms with Crippen LogP contribution in [0.15, 0.2) is 18.2 Å². The van der Waals surface area contributed by atoms with Crippen molar-refractivity contribution in [3.63, 3.8) is 0 Å². The summed E-state index contributed by atoms with van der Waals surface area (Å²) in [6.07, 6.45) is 1.77. The predicted octanol–water partition coefficient (Wildman–Crippen LogP) is 1.09. The quantitative estimate of drug-likeness (QED) is 0.668. The molecule has 1 saturated heterocycles. The van der Waals surface area contributed by atoms with Crippen molar-refractivity contribution in [2.75, 3.05) is 50.1 Å². The SMILES string of the molecule is CCN(CC)C(=O)CN(C)C(=O)COC(=O)c1ccc2c(c1)NC(=O)[C@@H]1CCCN21. The van der Waals surface area contributed by atoms with Gasteiger partial charge in [0.1, 0.15) is 6.04 Å². The number of nitrogens with one attached hydrogen (secondary N) is 1. The van der Waals surface area contributed by atoms with Gasteiger partial charge in [-0.15, -0.1) is 0 Å². The summed E-state index contributed by atoms with van der Waals surface area (Å²) in [7, 11) is 1.50. The summed E-state index contributed by atoms with van der Waals surface area (Å²) in [5.41, 5.74) is 1.71. The second-order valence-electron chi connectivity index (χ2n) is 7.46. The molecule has 1 atom stereocenters. The van der Waals surface area contributed by atoms with E-state index >= 15 is 0 Å². The highest BCUT2D eigenvalue weighted by Gasteiger charge is 2.36. The molecule has 3 amide bonds. The molecule has 2 heterocycles. The Morgan fingerprint density at radius 2 is 1.93 bits per heavy atom. The first kappa shape index (κ1) is 21.6. The van der Waals surface area contributed by atoms with Crippen molar-refractivity contribution in [3.8, 4) is 0 Å². The molecule has 1 N–H and O–H groups in total. The van der Waals surface area contributed by atoms with E-state index in [0.29, 0.717) is 18.8 Å². The molecular weight excluding hydrogens is 388 g/mol. The van der Waals surface area contributed by atoms with E-state index in [9.17, 15) is 19.2 Å². The van der Waals surface area contributed by atoms with Crippen LogP contribution >= 0.6 is 0 Å². The maximum Gasteiger partial charge on any atom is 0.338 e. The van der Waals surface area contributed by atoms with E-state index in [0.717, 1.165) is 25.1 Å². The van der Waals surface area contributed by atoms with Crippen molar-refractivity contribution in [3.05, 3.63) is 23.8 Å². The Kier molecular flexibility index (Phi) is 6.59. The van der Waals surface area contributed by atoms with Crippen LogP contribution in [0.5, 0.6) is 0 Å². The molecule has 1 fully saturated rings.